The van der Waals surface area contributed by atoms with Gasteiger partial charge in [-0.3, -0.25) is 14.4 Å². The molecule has 1 unspecified atom stereocenters. The molecule has 22 heavy (non-hydrogen) atoms. The number of carbonyl (C=O) groups excluding carboxylic acids is 2. The lowest BCUT2D eigenvalue weighted by molar-refractivity contribution is -0.140. The molecule has 2 amide bonds. The number of piperidine rings is 1. The number of hydrogen-bond acceptors (Lipinski definition) is 3. The van der Waals surface area contributed by atoms with Crippen molar-refractivity contribution in [3.05, 3.63) is 0 Å². The number of hydrogen-bond donors (Lipinski definition) is 2. The van der Waals surface area contributed by atoms with Crippen LogP contribution in [0.4, 0.5) is 0 Å². The van der Waals surface area contributed by atoms with E-state index in [4.69, 9.17) is 5.11 Å². The molecule has 2 N–H and O–H groups in total. The van der Waals surface area contributed by atoms with Crippen LogP contribution < -0.4 is 5.32 Å². The highest BCUT2D eigenvalue weighted by Crippen LogP contribution is 2.22. The molecule has 0 aromatic heterocycles. The normalized spacial score (nSPS) is 18.0. The Morgan fingerprint density at radius 1 is 1.14 bits per heavy atom. The summed E-state index contributed by atoms with van der Waals surface area (Å²) < 4.78 is 0. The standard InChI is InChI=1S/C16H28N2O4/c1-13(19)17-11-5-2-3-8-15(20)18-12-6-4-7-14(18)9-10-16(21)22/h14H,2-12H2,1H3,(H,17,19)(H,21,22). The molecule has 1 aliphatic rings. The van der Waals surface area contributed by atoms with Crippen molar-refractivity contribution >= 4 is 17.8 Å². The van der Waals surface area contributed by atoms with Crippen LogP contribution in [0.5, 0.6) is 0 Å². The van der Waals surface area contributed by atoms with Gasteiger partial charge in [-0.25, -0.2) is 0 Å². The van der Waals surface area contributed by atoms with Gasteiger partial charge in [0.25, 0.3) is 0 Å². The first-order valence-corrected chi connectivity index (χ1v) is 8.26. The molecule has 0 aromatic rings. The van der Waals surface area contributed by atoms with E-state index < -0.39 is 5.97 Å². The van der Waals surface area contributed by atoms with Gasteiger partial charge in [-0.2, -0.15) is 0 Å². The van der Waals surface area contributed by atoms with Crippen LogP contribution in [0.3, 0.4) is 0 Å². The number of aliphatic carboxylic acids is 1. The lowest BCUT2D eigenvalue weighted by Crippen LogP contribution is -2.43. The first-order chi connectivity index (χ1) is 10.5. The molecule has 126 valence electrons. The van der Waals surface area contributed by atoms with E-state index in [2.05, 4.69) is 5.32 Å². The van der Waals surface area contributed by atoms with Gasteiger partial charge in [0.1, 0.15) is 0 Å². The maximum atomic E-state index is 12.3. The van der Waals surface area contributed by atoms with Gasteiger partial charge in [-0.15, -0.1) is 0 Å². The third kappa shape index (κ3) is 7.43. The number of amides is 2. The van der Waals surface area contributed by atoms with Crippen molar-refractivity contribution in [2.45, 2.75) is 70.8 Å². The van der Waals surface area contributed by atoms with E-state index in [1.54, 1.807) is 0 Å². The Hall–Kier alpha value is -1.59. The van der Waals surface area contributed by atoms with Crippen LogP contribution in [0.1, 0.15) is 64.7 Å². The second-order valence-corrected chi connectivity index (χ2v) is 5.96. The Morgan fingerprint density at radius 2 is 1.91 bits per heavy atom. The molecule has 1 atom stereocenters. The molecule has 0 radical (unpaired) electrons. The summed E-state index contributed by atoms with van der Waals surface area (Å²) in [5.41, 5.74) is 0. The molecule has 0 saturated carbocycles. The number of nitrogens with zero attached hydrogens (tertiary/aromatic N) is 1. The highest BCUT2D eigenvalue weighted by Gasteiger charge is 2.26. The van der Waals surface area contributed by atoms with Crippen LogP contribution in [0, 0.1) is 0 Å². The minimum atomic E-state index is -0.795. The topological polar surface area (TPSA) is 86.7 Å². The second-order valence-electron chi connectivity index (χ2n) is 5.96. The Bertz CT molecular complexity index is 384. The highest BCUT2D eigenvalue weighted by atomic mass is 16.4. The summed E-state index contributed by atoms with van der Waals surface area (Å²) in [5, 5.41) is 11.5. The van der Waals surface area contributed by atoms with Crippen LogP contribution in [-0.2, 0) is 14.4 Å². The van der Waals surface area contributed by atoms with Gasteiger partial charge < -0.3 is 15.3 Å². The smallest absolute Gasteiger partial charge is 0.303 e. The minimum absolute atomic E-state index is 0.0225. The molecule has 6 heteroatoms. The maximum absolute atomic E-state index is 12.3. The van der Waals surface area contributed by atoms with Crippen molar-refractivity contribution in [2.24, 2.45) is 0 Å². The summed E-state index contributed by atoms with van der Waals surface area (Å²) in [6, 6.07) is 0.0942. The van der Waals surface area contributed by atoms with Crippen molar-refractivity contribution in [3.63, 3.8) is 0 Å². The molecule has 1 fully saturated rings. The van der Waals surface area contributed by atoms with E-state index >= 15 is 0 Å². The molecule has 6 nitrogen and oxygen atoms in total. The third-order valence-electron chi connectivity index (χ3n) is 4.08. The lowest BCUT2D eigenvalue weighted by Gasteiger charge is -2.35. The zero-order chi connectivity index (χ0) is 16.4. The summed E-state index contributed by atoms with van der Waals surface area (Å²) in [5.74, 6) is -0.670. The molecule has 1 saturated heterocycles. The number of likely N-dealkylation sites (tertiary alicyclic amines) is 1. The van der Waals surface area contributed by atoms with Crippen molar-refractivity contribution in [1.29, 1.82) is 0 Å². The zero-order valence-electron chi connectivity index (χ0n) is 13.5. The highest BCUT2D eigenvalue weighted by molar-refractivity contribution is 5.76. The average Bonchev–Trinajstić information content (AvgIpc) is 2.48. The molecule has 1 heterocycles. The van der Waals surface area contributed by atoms with Gasteiger partial charge in [0.05, 0.1) is 0 Å². The van der Waals surface area contributed by atoms with Gasteiger partial charge >= 0.3 is 5.97 Å². The predicted molar refractivity (Wildman–Crippen MR) is 83.4 cm³/mol. The summed E-state index contributed by atoms with van der Waals surface area (Å²) in [6.07, 6.45) is 6.83. The Morgan fingerprint density at radius 3 is 2.59 bits per heavy atom. The molecule has 0 spiro atoms. The number of rotatable bonds is 9. The quantitative estimate of drug-likeness (QED) is 0.637. The fraction of sp³-hybridized carbons (Fsp3) is 0.812. The lowest BCUT2D eigenvalue weighted by atomic mass is 9.97. The fourth-order valence-corrected chi connectivity index (χ4v) is 2.91. The van der Waals surface area contributed by atoms with E-state index in [0.717, 1.165) is 45.1 Å². The Kier molecular flexibility index (Phi) is 8.55. The number of carboxylic acids is 1. The van der Waals surface area contributed by atoms with E-state index in [1.807, 2.05) is 4.90 Å². The van der Waals surface area contributed by atoms with Crippen molar-refractivity contribution < 1.29 is 19.5 Å². The Balaban J connectivity index is 2.25. The van der Waals surface area contributed by atoms with Gasteiger partial charge in [0.15, 0.2) is 0 Å². The van der Waals surface area contributed by atoms with Crippen LogP contribution in [-0.4, -0.2) is 46.9 Å². The van der Waals surface area contributed by atoms with Gasteiger partial charge in [0.2, 0.25) is 11.8 Å². The largest absolute Gasteiger partial charge is 0.481 e. The number of carboxylic acid groups (broad SMARTS) is 1. The van der Waals surface area contributed by atoms with Crippen molar-refractivity contribution in [2.75, 3.05) is 13.1 Å². The molecular formula is C16H28N2O4. The second kappa shape index (κ2) is 10.2. The SMILES string of the molecule is CC(=O)NCCCCCC(=O)N1CCCCC1CCC(=O)O. The Labute approximate surface area is 132 Å². The van der Waals surface area contributed by atoms with Crippen LogP contribution in [0.25, 0.3) is 0 Å². The fourth-order valence-electron chi connectivity index (χ4n) is 2.91. The van der Waals surface area contributed by atoms with Gasteiger partial charge in [-0.1, -0.05) is 6.42 Å². The zero-order valence-corrected chi connectivity index (χ0v) is 13.5. The molecular weight excluding hydrogens is 284 g/mol. The number of nitrogens with one attached hydrogen (secondary N) is 1. The summed E-state index contributed by atoms with van der Waals surface area (Å²) in [7, 11) is 0. The number of carbonyl (C=O) groups is 3. The molecule has 1 rings (SSSR count). The first kappa shape index (κ1) is 18.5. The summed E-state index contributed by atoms with van der Waals surface area (Å²) >= 11 is 0. The van der Waals surface area contributed by atoms with Crippen molar-refractivity contribution in [1.82, 2.24) is 10.2 Å². The average molecular weight is 312 g/mol. The summed E-state index contributed by atoms with van der Waals surface area (Å²) in [6.45, 7) is 2.92. The summed E-state index contributed by atoms with van der Waals surface area (Å²) in [4.78, 5) is 35.6. The third-order valence-corrected chi connectivity index (χ3v) is 4.08. The predicted octanol–water partition coefficient (Wildman–Crippen LogP) is 1.93. The molecule has 0 aliphatic carbocycles. The van der Waals surface area contributed by atoms with Crippen LogP contribution in [0.2, 0.25) is 0 Å². The number of unbranched alkanes of at least 4 members (excludes halogenated alkanes) is 2. The van der Waals surface area contributed by atoms with E-state index in [-0.39, 0.29) is 24.3 Å². The van der Waals surface area contributed by atoms with Crippen LogP contribution >= 0.6 is 0 Å². The van der Waals surface area contributed by atoms with Gasteiger partial charge in [-0.05, 0) is 38.5 Å². The minimum Gasteiger partial charge on any atom is -0.481 e. The monoisotopic (exact) mass is 312 g/mol. The van der Waals surface area contributed by atoms with Crippen molar-refractivity contribution in [3.8, 4) is 0 Å². The molecule has 0 bridgehead atoms. The van der Waals surface area contributed by atoms with Gasteiger partial charge in [0, 0.05) is 38.9 Å². The van der Waals surface area contributed by atoms with Crippen LogP contribution in [0.15, 0.2) is 0 Å². The van der Waals surface area contributed by atoms with E-state index in [0.29, 0.717) is 19.4 Å². The molecule has 1 aliphatic heterocycles. The van der Waals surface area contributed by atoms with E-state index in [9.17, 15) is 14.4 Å². The molecule has 0 aromatic carbocycles. The maximum Gasteiger partial charge on any atom is 0.303 e. The van der Waals surface area contributed by atoms with E-state index in [1.165, 1.54) is 6.92 Å². The first-order valence-electron chi connectivity index (χ1n) is 8.26.